The lowest BCUT2D eigenvalue weighted by molar-refractivity contribution is -0.121. The van der Waals surface area contributed by atoms with Crippen LogP contribution in [0.4, 0.5) is 5.69 Å². The fourth-order valence-corrected chi connectivity index (χ4v) is 3.88. The molecule has 9 heteroatoms. The molecule has 0 fully saturated rings. The van der Waals surface area contributed by atoms with Crippen LogP contribution in [0.1, 0.15) is 20.8 Å². The lowest BCUT2D eigenvalue weighted by Crippen LogP contribution is -2.31. The first kappa shape index (κ1) is 22.4. The molecule has 0 bridgehead atoms. The van der Waals surface area contributed by atoms with Crippen LogP contribution in [0.5, 0.6) is 5.75 Å². The SMILES string of the molecule is CCOc1ccc(NC(=O)COCCOC)cc1S(=O)(=O)N(CC)CC. The number of hydrogen-bond donors (Lipinski definition) is 1. The number of benzene rings is 1. The highest BCUT2D eigenvalue weighted by Gasteiger charge is 2.26. The van der Waals surface area contributed by atoms with E-state index in [0.717, 1.165) is 0 Å². The molecule has 0 spiro atoms. The van der Waals surface area contributed by atoms with Crippen molar-refractivity contribution in [1.82, 2.24) is 4.31 Å². The van der Waals surface area contributed by atoms with Crippen LogP contribution in [0.25, 0.3) is 0 Å². The van der Waals surface area contributed by atoms with Gasteiger partial charge in [-0.1, -0.05) is 13.8 Å². The Hall–Kier alpha value is -1.68. The highest BCUT2D eigenvalue weighted by molar-refractivity contribution is 7.89. The molecule has 1 aromatic carbocycles. The summed E-state index contributed by atoms with van der Waals surface area (Å²) in [5.41, 5.74) is 0.361. The molecule has 26 heavy (non-hydrogen) atoms. The van der Waals surface area contributed by atoms with Gasteiger partial charge in [-0.05, 0) is 25.1 Å². The molecular weight excluding hydrogens is 360 g/mol. The van der Waals surface area contributed by atoms with E-state index in [0.29, 0.717) is 38.6 Å². The van der Waals surface area contributed by atoms with Gasteiger partial charge in [0.05, 0.1) is 19.8 Å². The van der Waals surface area contributed by atoms with Crippen molar-refractivity contribution < 1.29 is 27.4 Å². The molecule has 148 valence electrons. The van der Waals surface area contributed by atoms with Crippen LogP contribution >= 0.6 is 0 Å². The van der Waals surface area contributed by atoms with Crippen LogP contribution in [-0.2, 0) is 24.3 Å². The van der Waals surface area contributed by atoms with Crippen LogP contribution in [0, 0.1) is 0 Å². The van der Waals surface area contributed by atoms with E-state index in [1.165, 1.54) is 10.4 Å². The second-order valence-corrected chi connectivity index (χ2v) is 7.18. The third kappa shape index (κ3) is 6.24. The molecule has 0 atom stereocenters. The van der Waals surface area contributed by atoms with Gasteiger partial charge in [-0.3, -0.25) is 4.79 Å². The molecule has 1 aromatic rings. The molecule has 0 aromatic heterocycles. The second kappa shape index (κ2) is 11.1. The molecule has 8 nitrogen and oxygen atoms in total. The van der Waals surface area contributed by atoms with Crippen molar-refractivity contribution in [3.63, 3.8) is 0 Å². The summed E-state index contributed by atoms with van der Waals surface area (Å²) in [5, 5.41) is 2.63. The number of sulfonamides is 1. The molecule has 0 unspecified atom stereocenters. The van der Waals surface area contributed by atoms with Gasteiger partial charge >= 0.3 is 0 Å². The van der Waals surface area contributed by atoms with Crippen molar-refractivity contribution in [3.05, 3.63) is 18.2 Å². The van der Waals surface area contributed by atoms with Gasteiger partial charge in [0.15, 0.2) is 0 Å². The molecule has 0 aliphatic heterocycles. The molecule has 0 aliphatic carbocycles. The predicted molar refractivity (Wildman–Crippen MR) is 99.0 cm³/mol. The first-order valence-corrected chi connectivity index (χ1v) is 9.98. The summed E-state index contributed by atoms with van der Waals surface area (Å²) in [6.45, 7) is 6.88. The minimum absolute atomic E-state index is 0.0288. The Balaban J connectivity index is 3.02. The number of nitrogens with one attached hydrogen (secondary N) is 1. The van der Waals surface area contributed by atoms with Gasteiger partial charge in [0.25, 0.3) is 0 Å². The third-order valence-electron chi connectivity index (χ3n) is 3.52. The van der Waals surface area contributed by atoms with Crippen molar-refractivity contribution in [2.45, 2.75) is 25.7 Å². The maximum atomic E-state index is 12.9. The molecule has 0 heterocycles. The lowest BCUT2D eigenvalue weighted by atomic mass is 10.3. The van der Waals surface area contributed by atoms with Crippen molar-refractivity contribution in [2.75, 3.05) is 51.9 Å². The van der Waals surface area contributed by atoms with Gasteiger partial charge in [0.2, 0.25) is 15.9 Å². The second-order valence-electron chi connectivity index (χ2n) is 5.28. The number of carbonyl (C=O) groups excluding carboxylic acids is 1. The van der Waals surface area contributed by atoms with Crippen LogP contribution < -0.4 is 10.1 Å². The number of methoxy groups -OCH3 is 1. The third-order valence-corrected chi connectivity index (χ3v) is 5.59. The predicted octanol–water partition coefficient (Wildman–Crippen LogP) is 1.72. The fraction of sp³-hybridized carbons (Fsp3) is 0.588. The standard InChI is InChI=1S/C17H28N2O6S/c1-5-19(6-2)26(21,22)16-12-14(8-9-15(16)25-7-3)18-17(20)13-24-11-10-23-4/h8-9,12H,5-7,10-11,13H2,1-4H3,(H,18,20). The summed E-state index contributed by atoms with van der Waals surface area (Å²) >= 11 is 0. The zero-order valence-electron chi connectivity index (χ0n) is 15.8. The summed E-state index contributed by atoms with van der Waals surface area (Å²) in [6.07, 6.45) is 0. The van der Waals surface area contributed by atoms with E-state index in [-0.39, 0.29) is 23.2 Å². The molecule has 0 saturated carbocycles. The Morgan fingerprint density at radius 3 is 2.42 bits per heavy atom. The van der Waals surface area contributed by atoms with Gasteiger partial charge in [-0.2, -0.15) is 4.31 Å². The molecule has 0 saturated heterocycles. The molecule has 1 amide bonds. The maximum Gasteiger partial charge on any atom is 0.250 e. The Kier molecular flexibility index (Phi) is 9.57. The summed E-state index contributed by atoms with van der Waals surface area (Å²) in [7, 11) is -2.18. The summed E-state index contributed by atoms with van der Waals surface area (Å²) in [4.78, 5) is 12.0. The van der Waals surface area contributed by atoms with Crippen molar-refractivity contribution >= 4 is 21.6 Å². The number of anilines is 1. The minimum atomic E-state index is -3.73. The number of amides is 1. The zero-order valence-corrected chi connectivity index (χ0v) is 16.6. The van der Waals surface area contributed by atoms with Crippen molar-refractivity contribution in [2.24, 2.45) is 0 Å². The summed E-state index contributed by atoms with van der Waals surface area (Å²) in [5.74, 6) is -0.120. The molecule has 0 aliphatic rings. The van der Waals surface area contributed by atoms with Crippen molar-refractivity contribution in [1.29, 1.82) is 0 Å². The maximum absolute atomic E-state index is 12.9. The van der Waals surface area contributed by atoms with E-state index in [4.69, 9.17) is 14.2 Å². The van der Waals surface area contributed by atoms with Crippen molar-refractivity contribution in [3.8, 4) is 5.75 Å². The molecule has 1 N–H and O–H groups in total. The number of ether oxygens (including phenoxy) is 3. The normalized spacial score (nSPS) is 11.6. The Labute approximate surface area is 155 Å². The van der Waals surface area contributed by atoms with Gasteiger partial charge in [-0.15, -0.1) is 0 Å². The van der Waals surface area contributed by atoms with Gasteiger partial charge in [0, 0.05) is 25.9 Å². The highest BCUT2D eigenvalue weighted by Crippen LogP contribution is 2.30. The van der Waals surface area contributed by atoms with Gasteiger partial charge < -0.3 is 19.5 Å². The van der Waals surface area contributed by atoms with E-state index in [2.05, 4.69) is 5.32 Å². The monoisotopic (exact) mass is 388 g/mol. The topological polar surface area (TPSA) is 94.2 Å². The number of rotatable bonds is 12. The zero-order chi connectivity index (χ0) is 19.6. The van der Waals surface area contributed by atoms with Crippen LogP contribution in [0.2, 0.25) is 0 Å². The van der Waals surface area contributed by atoms with Gasteiger partial charge in [0.1, 0.15) is 17.3 Å². The van der Waals surface area contributed by atoms with E-state index in [9.17, 15) is 13.2 Å². The Bertz CT molecular complexity index is 674. The minimum Gasteiger partial charge on any atom is -0.492 e. The smallest absolute Gasteiger partial charge is 0.250 e. The van der Waals surface area contributed by atoms with E-state index in [1.807, 2.05) is 0 Å². The van der Waals surface area contributed by atoms with Crippen LogP contribution in [0.15, 0.2) is 23.1 Å². The average molecular weight is 388 g/mol. The first-order chi connectivity index (χ1) is 12.4. The van der Waals surface area contributed by atoms with E-state index >= 15 is 0 Å². The average Bonchev–Trinajstić information content (AvgIpc) is 2.61. The Morgan fingerprint density at radius 1 is 1.15 bits per heavy atom. The number of hydrogen-bond acceptors (Lipinski definition) is 6. The molecule has 0 radical (unpaired) electrons. The number of carbonyl (C=O) groups is 1. The van der Waals surface area contributed by atoms with Crippen LogP contribution in [-0.4, -0.2) is 65.3 Å². The number of nitrogens with zero attached hydrogens (tertiary/aromatic N) is 1. The fourth-order valence-electron chi connectivity index (χ4n) is 2.27. The Morgan fingerprint density at radius 2 is 1.85 bits per heavy atom. The first-order valence-electron chi connectivity index (χ1n) is 8.54. The quantitative estimate of drug-likeness (QED) is 0.548. The summed E-state index contributed by atoms with van der Waals surface area (Å²) in [6, 6.07) is 4.55. The van der Waals surface area contributed by atoms with Crippen LogP contribution in [0.3, 0.4) is 0 Å². The van der Waals surface area contributed by atoms with Gasteiger partial charge in [-0.25, -0.2) is 8.42 Å². The highest BCUT2D eigenvalue weighted by atomic mass is 32.2. The van der Waals surface area contributed by atoms with E-state index in [1.54, 1.807) is 40.0 Å². The lowest BCUT2D eigenvalue weighted by Gasteiger charge is -2.21. The molecule has 1 rings (SSSR count). The molecular formula is C17H28N2O6S. The van der Waals surface area contributed by atoms with E-state index < -0.39 is 10.0 Å². The summed E-state index contributed by atoms with van der Waals surface area (Å²) < 4.78 is 42.5. The largest absolute Gasteiger partial charge is 0.492 e.